The van der Waals surface area contributed by atoms with Gasteiger partial charge in [0.25, 0.3) is 5.91 Å². The number of amides is 4. The highest BCUT2D eigenvalue weighted by Crippen LogP contribution is 2.40. The number of alkyl halides is 3. The highest BCUT2D eigenvalue weighted by Gasteiger charge is 2.56. The number of carbonyl (C=O) groups excluding carboxylic acids is 3. The minimum atomic E-state index is -4.89. The van der Waals surface area contributed by atoms with Crippen LogP contribution in [0.1, 0.15) is 25.5 Å². The summed E-state index contributed by atoms with van der Waals surface area (Å²) in [5.41, 5.74) is 0.203. The first kappa shape index (κ1) is 27.4. The highest BCUT2D eigenvalue weighted by molar-refractivity contribution is 6.23. The number of nitrogens with one attached hydrogen (secondary N) is 1. The van der Waals surface area contributed by atoms with Gasteiger partial charge in [-0.05, 0) is 80.1 Å². The fraction of sp³-hybridized carbons (Fsp3) is 0.259. The number of rotatable bonds is 7. The van der Waals surface area contributed by atoms with Crippen molar-refractivity contribution < 1.29 is 37.0 Å². The van der Waals surface area contributed by atoms with Crippen molar-refractivity contribution in [2.24, 2.45) is 0 Å². The van der Waals surface area contributed by atoms with E-state index in [-0.39, 0.29) is 5.69 Å². The Bertz CT molecular complexity index is 1390. The Morgan fingerprint density at radius 3 is 2.18 bits per heavy atom. The molecule has 9 nitrogen and oxygen atoms in total. The van der Waals surface area contributed by atoms with Crippen LogP contribution in [0, 0.1) is 0 Å². The van der Waals surface area contributed by atoms with Gasteiger partial charge in [0, 0.05) is 18.8 Å². The summed E-state index contributed by atoms with van der Waals surface area (Å²) in [7, 11) is 2.96. The molecule has 0 bridgehead atoms. The van der Waals surface area contributed by atoms with Crippen molar-refractivity contribution in [2.45, 2.75) is 31.8 Å². The summed E-state index contributed by atoms with van der Waals surface area (Å²) in [4.78, 5) is 46.7. The minimum Gasteiger partial charge on any atom is -0.497 e. The number of hydrogen-bond donors (Lipinski definition) is 1. The average molecular weight is 543 g/mol. The molecule has 1 atom stereocenters. The van der Waals surface area contributed by atoms with Gasteiger partial charge in [0.15, 0.2) is 0 Å². The lowest BCUT2D eigenvalue weighted by atomic mass is 9.96. The molecule has 0 saturated carbocycles. The van der Waals surface area contributed by atoms with Gasteiger partial charge in [-0.2, -0.15) is 0 Å². The van der Waals surface area contributed by atoms with Crippen LogP contribution < -0.4 is 19.7 Å². The Morgan fingerprint density at radius 1 is 1.00 bits per heavy atom. The van der Waals surface area contributed by atoms with E-state index in [1.54, 1.807) is 43.5 Å². The third kappa shape index (κ3) is 5.35. The van der Waals surface area contributed by atoms with Crippen LogP contribution in [0.15, 0.2) is 66.9 Å². The molecule has 1 aliphatic heterocycles. The maximum atomic E-state index is 13.7. The highest BCUT2D eigenvalue weighted by atomic mass is 19.4. The number of halogens is 3. The molecule has 0 aliphatic carbocycles. The number of hydrogen-bond acceptors (Lipinski definition) is 6. The number of imide groups is 1. The summed E-state index contributed by atoms with van der Waals surface area (Å²) in [5, 5.41) is 2.55. The van der Waals surface area contributed by atoms with E-state index in [4.69, 9.17) is 4.74 Å². The van der Waals surface area contributed by atoms with E-state index in [0.29, 0.717) is 17.0 Å². The van der Waals surface area contributed by atoms with Gasteiger partial charge in [0.1, 0.15) is 23.1 Å². The second-order valence-corrected chi connectivity index (χ2v) is 9.11. The molecule has 1 fully saturated rings. The first-order valence-corrected chi connectivity index (χ1v) is 11.7. The van der Waals surface area contributed by atoms with E-state index in [9.17, 15) is 27.6 Å². The second kappa shape index (κ2) is 10.3. The molecule has 204 valence electrons. The topological polar surface area (TPSA) is 101 Å². The van der Waals surface area contributed by atoms with Crippen LogP contribution in [0.3, 0.4) is 0 Å². The predicted octanol–water partition coefficient (Wildman–Crippen LogP) is 4.69. The Balaban J connectivity index is 1.72. The van der Waals surface area contributed by atoms with Crippen molar-refractivity contribution in [3.05, 3.63) is 72.4 Å². The number of urea groups is 1. The van der Waals surface area contributed by atoms with E-state index in [1.807, 2.05) is 0 Å². The fourth-order valence-electron chi connectivity index (χ4n) is 4.36. The number of carbonyl (C=O) groups is 3. The molecule has 4 amide bonds. The number of anilines is 1. The van der Waals surface area contributed by atoms with Crippen LogP contribution in [0.5, 0.6) is 11.5 Å². The third-order valence-electron chi connectivity index (χ3n) is 6.29. The number of ether oxygens (including phenoxy) is 2. The number of benzene rings is 2. The normalized spacial score (nSPS) is 15.8. The zero-order valence-corrected chi connectivity index (χ0v) is 21.4. The lowest BCUT2D eigenvalue weighted by molar-refractivity contribution is -0.274. The van der Waals surface area contributed by atoms with Gasteiger partial charge in [-0.15, -0.1) is 13.2 Å². The molecule has 1 N–H and O–H groups in total. The first-order chi connectivity index (χ1) is 18.4. The van der Waals surface area contributed by atoms with Gasteiger partial charge >= 0.3 is 12.4 Å². The Kier molecular flexibility index (Phi) is 7.23. The fourth-order valence-corrected chi connectivity index (χ4v) is 4.36. The molecule has 0 spiro atoms. The molecule has 2 aromatic carbocycles. The Hall–Kier alpha value is -4.61. The standard InChI is InChI=1S/C27H25F3N4O5/c1-26(2)24(36)33(18-7-11-20(12-8-18)39-27(28,29)30)25(37)34(26)22(23(35)31-3)17-13-14-32-21(15-17)16-5-9-19(38-4)10-6-16/h5-15,22H,1-4H3,(H,31,35). The van der Waals surface area contributed by atoms with Crippen LogP contribution in [0.2, 0.25) is 0 Å². The van der Waals surface area contributed by atoms with Gasteiger partial charge in [0.2, 0.25) is 5.91 Å². The molecule has 2 heterocycles. The number of aromatic nitrogens is 1. The van der Waals surface area contributed by atoms with Gasteiger partial charge in [-0.25, -0.2) is 9.69 Å². The van der Waals surface area contributed by atoms with E-state index in [2.05, 4.69) is 15.0 Å². The van der Waals surface area contributed by atoms with Crippen LogP contribution in [0.4, 0.5) is 23.7 Å². The third-order valence-corrected chi connectivity index (χ3v) is 6.29. The molecule has 39 heavy (non-hydrogen) atoms. The lowest BCUT2D eigenvalue weighted by Crippen LogP contribution is -2.50. The molecule has 3 aromatic rings. The number of pyridine rings is 1. The van der Waals surface area contributed by atoms with Crippen LogP contribution in [0.25, 0.3) is 11.3 Å². The first-order valence-electron chi connectivity index (χ1n) is 11.7. The van der Waals surface area contributed by atoms with E-state index in [0.717, 1.165) is 27.5 Å². The molecule has 1 saturated heterocycles. The van der Waals surface area contributed by atoms with Crippen molar-refractivity contribution in [1.82, 2.24) is 15.2 Å². The van der Waals surface area contributed by atoms with Crippen LogP contribution in [-0.4, -0.2) is 53.8 Å². The Morgan fingerprint density at radius 2 is 1.62 bits per heavy atom. The van der Waals surface area contributed by atoms with Gasteiger partial charge in [-0.1, -0.05) is 0 Å². The molecule has 4 rings (SSSR count). The van der Waals surface area contributed by atoms with Gasteiger partial charge in [-0.3, -0.25) is 19.5 Å². The molecule has 0 radical (unpaired) electrons. The second-order valence-electron chi connectivity index (χ2n) is 9.11. The van der Waals surface area contributed by atoms with E-state index in [1.165, 1.54) is 39.2 Å². The molecular weight excluding hydrogens is 517 g/mol. The summed E-state index contributed by atoms with van der Waals surface area (Å²) in [6, 6.07) is 12.6. The van der Waals surface area contributed by atoms with Crippen molar-refractivity contribution in [1.29, 1.82) is 0 Å². The molecule has 1 unspecified atom stereocenters. The number of likely N-dealkylation sites (N-methyl/N-ethyl adjacent to an activating group) is 1. The zero-order valence-electron chi connectivity index (χ0n) is 21.4. The average Bonchev–Trinajstić information content (AvgIpc) is 3.08. The smallest absolute Gasteiger partial charge is 0.497 e. The summed E-state index contributed by atoms with van der Waals surface area (Å²) < 4.78 is 46.7. The summed E-state index contributed by atoms with van der Waals surface area (Å²) in [5.74, 6) is -1.06. The quantitative estimate of drug-likeness (QED) is 0.435. The van der Waals surface area contributed by atoms with Crippen molar-refractivity contribution in [3.8, 4) is 22.8 Å². The summed E-state index contributed by atoms with van der Waals surface area (Å²) in [6.45, 7) is 2.99. The summed E-state index contributed by atoms with van der Waals surface area (Å²) in [6.07, 6.45) is -3.40. The zero-order chi connectivity index (χ0) is 28.5. The maximum absolute atomic E-state index is 13.7. The molecule has 1 aliphatic rings. The van der Waals surface area contributed by atoms with Gasteiger partial charge < -0.3 is 14.8 Å². The minimum absolute atomic E-state index is 0.0272. The largest absolute Gasteiger partial charge is 0.573 e. The SMILES string of the molecule is CNC(=O)C(c1ccnc(-c2ccc(OC)cc2)c1)N1C(=O)N(c2ccc(OC(F)(F)F)cc2)C(=O)C1(C)C. The molecule has 1 aromatic heterocycles. The van der Waals surface area contributed by atoms with Crippen molar-refractivity contribution >= 4 is 23.5 Å². The molecule has 12 heteroatoms. The van der Waals surface area contributed by atoms with E-state index >= 15 is 0 Å². The summed E-state index contributed by atoms with van der Waals surface area (Å²) >= 11 is 0. The van der Waals surface area contributed by atoms with Gasteiger partial charge in [0.05, 0.1) is 18.5 Å². The van der Waals surface area contributed by atoms with Crippen molar-refractivity contribution in [3.63, 3.8) is 0 Å². The number of methoxy groups -OCH3 is 1. The predicted molar refractivity (Wildman–Crippen MR) is 135 cm³/mol. The monoisotopic (exact) mass is 542 g/mol. The number of nitrogens with zero attached hydrogens (tertiary/aromatic N) is 3. The lowest BCUT2D eigenvalue weighted by Gasteiger charge is -2.34. The van der Waals surface area contributed by atoms with Crippen LogP contribution in [-0.2, 0) is 9.59 Å². The van der Waals surface area contributed by atoms with E-state index < -0.39 is 41.5 Å². The van der Waals surface area contributed by atoms with Crippen molar-refractivity contribution in [2.75, 3.05) is 19.1 Å². The molecular formula is C27H25F3N4O5. The Labute approximate surface area is 222 Å². The maximum Gasteiger partial charge on any atom is 0.573 e. The van der Waals surface area contributed by atoms with Crippen LogP contribution >= 0.6 is 0 Å².